The van der Waals surface area contributed by atoms with E-state index >= 15 is 0 Å². The highest BCUT2D eigenvalue weighted by molar-refractivity contribution is 5.75. The van der Waals surface area contributed by atoms with Crippen LogP contribution in [0.15, 0.2) is 30.5 Å². The number of fused-ring (bicyclic) bond motifs is 1. The Bertz CT molecular complexity index is 850. The lowest BCUT2D eigenvalue weighted by molar-refractivity contribution is 0.0266. The summed E-state index contributed by atoms with van der Waals surface area (Å²) in [6.45, 7) is 16.0. The molecule has 3 rings (SSSR count). The van der Waals surface area contributed by atoms with Gasteiger partial charge >= 0.3 is 6.09 Å². The van der Waals surface area contributed by atoms with E-state index in [0.29, 0.717) is 12.0 Å². The number of anilines is 1. The molecule has 2 fully saturated rings. The summed E-state index contributed by atoms with van der Waals surface area (Å²) in [5.74, 6) is 1.50. The van der Waals surface area contributed by atoms with Crippen molar-refractivity contribution in [2.24, 2.45) is 11.3 Å². The fourth-order valence-corrected chi connectivity index (χ4v) is 5.07. The second-order valence-electron chi connectivity index (χ2n) is 10.5. The van der Waals surface area contributed by atoms with E-state index in [2.05, 4.69) is 54.8 Å². The number of nitrogens with one attached hydrogen (secondary N) is 2. The molecule has 1 amide bonds. The predicted octanol–water partition coefficient (Wildman–Crippen LogP) is 5.33. The van der Waals surface area contributed by atoms with Crippen LogP contribution in [-0.4, -0.2) is 59.7 Å². The summed E-state index contributed by atoms with van der Waals surface area (Å²) < 4.78 is 5.62. The number of aromatic nitrogens is 1. The highest BCUT2D eigenvalue weighted by Gasteiger charge is 2.52. The van der Waals surface area contributed by atoms with Crippen LogP contribution in [0.1, 0.15) is 59.4 Å². The maximum atomic E-state index is 12.6. The fraction of sp³-hybridized carbons (Fsp3) is 0.640. The van der Waals surface area contributed by atoms with Crippen molar-refractivity contribution in [3.63, 3.8) is 0 Å². The smallest absolute Gasteiger partial charge is 0.410 e. The Morgan fingerprint density at radius 2 is 2.19 bits per heavy atom. The Balaban J connectivity index is 1.76. The van der Waals surface area contributed by atoms with Crippen LogP contribution in [0.4, 0.5) is 10.6 Å². The molecule has 2 aliphatic rings. The van der Waals surface area contributed by atoms with E-state index in [1.807, 2.05) is 38.9 Å². The first kappa shape index (κ1) is 23.3. The third-order valence-corrected chi connectivity index (χ3v) is 6.88. The van der Waals surface area contributed by atoms with Crippen LogP contribution < -0.4 is 5.32 Å². The average molecular weight is 429 g/mol. The van der Waals surface area contributed by atoms with Crippen LogP contribution in [0.5, 0.6) is 0 Å². The monoisotopic (exact) mass is 428 g/mol. The van der Waals surface area contributed by atoms with Crippen molar-refractivity contribution in [1.82, 2.24) is 14.8 Å². The lowest BCUT2D eigenvalue weighted by Crippen LogP contribution is -2.38. The SMILES string of the molecule is C=C(/C=C(\c1cc[nH]c1NC)N(C)C1CC2CN(C(=O)OC(C)(C)C)CC2(C)C1)CC. The van der Waals surface area contributed by atoms with E-state index in [9.17, 15) is 4.79 Å². The molecule has 3 unspecified atom stereocenters. The minimum Gasteiger partial charge on any atom is -0.444 e. The molecule has 1 aromatic heterocycles. The highest BCUT2D eigenvalue weighted by atomic mass is 16.6. The maximum Gasteiger partial charge on any atom is 0.410 e. The fourth-order valence-electron chi connectivity index (χ4n) is 5.07. The molecule has 1 aromatic rings. The lowest BCUT2D eigenvalue weighted by Gasteiger charge is -2.32. The van der Waals surface area contributed by atoms with Crippen LogP contribution in [0.3, 0.4) is 0 Å². The Kier molecular flexibility index (Phi) is 6.49. The summed E-state index contributed by atoms with van der Waals surface area (Å²) in [6.07, 6.45) is 7.06. The summed E-state index contributed by atoms with van der Waals surface area (Å²) in [4.78, 5) is 20.2. The van der Waals surface area contributed by atoms with Crippen molar-refractivity contribution in [2.45, 2.75) is 65.5 Å². The van der Waals surface area contributed by atoms with Gasteiger partial charge in [-0.1, -0.05) is 26.0 Å². The van der Waals surface area contributed by atoms with Crippen LogP contribution >= 0.6 is 0 Å². The zero-order chi connectivity index (χ0) is 23.0. The van der Waals surface area contributed by atoms with E-state index in [1.54, 1.807) is 0 Å². The molecule has 0 spiro atoms. The number of carbonyl (C=O) groups is 1. The van der Waals surface area contributed by atoms with Gasteiger partial charge in [-0.3, -0.25) is 0 Å². The van der Waals surface area contributed by atoms with E-state index in [0.717, 1.165) is 49.3 Å². The molecule has 1 saturated heterocycles. The van der Waals surface area contributed by atoms with Gasteiger partial charge in [-0.2, -0.15) is 0 Å². The lowest BCUT2D eigenvalue weighted by atomic mass is 9.83. The number of hydrogen-bond donors (Lipinski definition) is 2. The van der Waals surface area contributed by atoms with Crippen molar-refractivity contribution in [3.05, 3.63) is 36.1 Å². The Morgan fingerprint density at radius 3 is 2.77 bits per heavy atom. The van der Waals surface area contributed by atoms with Gasteiger partial charge < -0.3 is 24.8 Å². The topological polar surface area (TPSA) is 60.6 Å². The van der Waals surface area contributed by atoms with Gasteiger partial charge in [-0.05, 0) is 63.5 Å². The number of nitrogens with zero attached hydrogens (tertiary/aromatic N) is 2. The van der Waals surface area contributed by atoms with Crippen molar-refractivity contribution in [2.75, 3.05) is 32.5 Å². The Labute approximate surface area is 187 Å². The molecule has 1 aliphatic carbocycles. The number of rotatable bonds is 6. The van der Waals surface area contributed by atoms with E-state index in [4.69, 9.17) is 4.74 Å². The van der Waals surface area contributed by atoms with Gasteiger partial charge in [0.15, 0.2) is 0 Å². The quantitative estimate of drug-likeness (QED) is 0.601. The van der Waals surface area contributed by atoms with Crippen molar-refractivity contribution < 1.29 is 9.53 Å². The molecule has 172 valence electrons. The second kappa shape index (κ2) is 8.64. The largest absolute Gasteiger partial charge is 0.444 e. The van der Waals surface area contributed by atoms with Crippen LogP contribution in [0, 0.1) is 11.3 Å². The molecule has 0 radical (unpaired) electrons. The van der Waals surface area contributed by atoms with Crippen molar-refractivity contribution >= 4 is 17.6 Å². The first-order valence-corrected chi connectivity index (χ1v) is 11.4. The summed E-state index contributed by atoms with van der Waals surface area (Å²) in [5.41, 5.74) is 3.13. The standard InChI is InChI=1S/C25H40N4O2/c1-9-17(2)12-21(20-10-11-27-22(20)26-7)28(8)19-13-18-15-29(16-25(18,6)14-19)23(30)31-24(3,4)5/h10-12,18-19,26-27H,2,9,13-16H2,1,3-8H3/b21-12+. The van der Waals surface area contributed by atoms with Gasteiger partial charge in [0.25, 0.3) is 0 Å². The molecule has 2 heterocycles. The van der Waals surface area contributed by atoms with Gasteiger partial charge in [0.1, 0.15) is 11.4 Å². The van der Waals surface area contributed by atoms with Gasteiger partial charge in [-0.15, -0.1) is 0 Å². The molecular formula is C25H40N4O2. The van der Waals surface area contributed by atoms with Crippen LogP contribution in [0.25, 0.3) is 5.70 Å². The molecule has 0 bridgehead atoms. The number of hydrogen-bond acceptors (Lipinski definition) is 4. The predicted molar refractivity (Wildman–Crippen MR) is 128 cm³/mol. The molecule has 31 heavy (non-hydrogen) atoms. The van der Waals surface area contributed by atoms with Crippen LogP contribution in [0.2, 0.25) is 0 Å². The highest BCUT2D eigenvalue weighted by Crippen LogP contribution is 2.51. The van der Waals surface area contributed by atoms with Gasteiger partial charge in [0.2, 0.25) is 0 Å². The number of allylic oxidation sites excluding steroid dienone is 2. The van der Waals surface area contributed by atoms with Gasteiger partial charge in [-0.25, -0.2) is 4.79 Å². The average Bonchev–Trinajstić information content (AvgIpc) is 3.35. The van der Waals surface area contributed by atoms with E-state index < -0.39 is 5.60 Å². The molecule has 6 heteroatoms. The minimum absolute atomic E-state index is 0.118. The number of likely N-dealkylation sites (tertiary alicyclic amines) is 1. The Hall–Kier alpha value is -2.37. The first-order chi connectivity index (χ1) is 14.5. The number of amides is 1. The Morgan fingerprint density at radius 1 is 1.48 bits per heavy atom. The second-order valence-corrected chi connectivity index (χ2v) is 10.5. The first-order valence-electron chi connectivity index (χ1n) is 11.4. The van der Waals surface area contributed by atoms with Gasteiger partial charge in [0, 0.05) is 50.7 Å². The molecule has 2 N–H and O–H groups in total. The summed E-state index contributed by atoms with van der Waals surface area (Å²) in [5, 5.41) is 3.27. The molecule has 0 aromatic carbocycles. The summed E-state index contributed by atoms with van der Waals surface area (Å²) >= 11 is 0. The van der Waals surface area contributed by atoms with Gasteiger partial charge in [0.05, 0.1) is 0 Å². The van der Waals surface area contributed by atoms with E-state index in [-0.39, 0.29) is 11.5 Å². The molecule has 1 saturated carbocycles. The van der Waals surface area contributed by atoms with E-state index in [1.165, 1.54) is 5.70 Å². The molecular weight excluding hydrogens is 388 g/mol. The zero-order valence-corrected chi connectivity index (χ0v) is 20.3. The third kappa shape index (κ3) is 4.94. The van der Waals surface area contributed by atoms with Crippen molar-refractivity contribution in [3.8, 4) is 0 Å². The zero-order valence-electron chi connectivity index (χ0n) is 20.3. The third-order valence-electron chi connectivity index (χ3n) is 6.88. The maximum absolute atomic E-state index is 12.6. The normalized spacial score (nSPS) is 26.0. The summed E-state index contributed by atoms with van der Waals surface area (Å²) in [6, 6.07) is 2.55. The number of aromatic amines is 1. The number of ether oxygens (including phenoxy) is 1. The number of H-pyrrole nitrogens is 1. The summed E-state index contributed by atoms with van der Waals surface area (Å²) in [7, 11) is 4.13. The molecule has 3 atom stereocenters. The van der Waals surface area contributed by atoms with Crippen molar-refractivity contribution in [1.29, 1.82) is 0 Å². The molecule has 1 aliphatic heterocycles. The van der Waals surface area contributed by atoms with Crippen LogP contribution in [-0.2, 0) is 4.74 Å². The molecule has 6 nitrogen and oxygen atoms in total. The minimum atomic E-state index is -0.457. The number of carbonyl (C=O) groups excluding carboxylic acids is 1.